The van der Waals surface area contributed by atoms with Crippen molar-refractivity contribution in [2.24, 2.45) is 17.8 Å². The van der Waals surface area contributed by atoms with E-state index in [1.54, 1.807) is 6.07 Å². The average molecular weight is 459 g/mol. The van der Waals surface area contributed by atoms with Gasteiger partial charge in [0, 0.05) is 37.8 Å². The number of benzene rings is 1. The quantitative estimate of drug-likeness (QED) is 0.662. The Morgan fingerprint density at radius 1 is 1.16 bits per heavy atom. The number of rotatable bonds is 5. The van der Waals surface area contributed by atoms with Crippen LogP contribution in [-0.4, -0.2) is 53.0 Å². The zero-order valence-corrected chi connectivity index (χ0v) is 19.6. The topological polar surface area (TPSA) is 50.3 Å². The van der Waals surface area contributed by atoms with Crippen LogP contribution in [0.4, 0.5) is 10.2 Å². The molecule has 1 aromatic carbocycles. The minimum absolute atomic E-state index is 0.0319. The normalized spacial score (nSPS) is 29.8. The van der Waals surface area contributed by atoms with E-state index in [9.17, 15) is 4.39 Å². The summed E-state index contributed by atoms with van der Waals surface area (Å²) in [5.41, 5.74) is 1.17. The molecule has 1 aromatic heterocycles. The van der Waals surface area contributed by atoms with Gasteiger partial charge in [-0.25, -0.2) is 4.39 Å². The highest BCUT2D eigenvalue weighted by atomic mass is 35.5. The van der Waals surface area contributed by atoms with Crippen molar-refractivity contribution in [3.63, 3.8) is 0 Å². The van der Waals surface area contributed by atoms with Crippen LogP contribution in [0.5, 0.6) is 0 Å². The predicted molar refractivity (Wildman–Crippen MR) is 125 cm³/mol. The van der Waals surface area contributed by atoms with Gasteiger partial charge in [0.05, 0.1) is 16.3 Å². The molecule has 0 radical (unpaired) electrons. The molecule has 1 aliphatic carbocycles. The molecule has 7 heteroatoms. The lowest BCUT2D eigenvalue weighted by Gasteiger charge is -2.37. The van der Waals surface area contributed by atoms with Crippen LogP contribution in [-0.2, 0) is 4.74 Å². The lowest BCUT2D eigenvalue weighted by atomic mass is 9.88. The van der Waals surface area contributed by atoms with E-state index in [2.05, 4.69) is 34.3 Å². The van der Waals surface area contributed by atoms with Crippen LogP contribution in [0.2, 0.25) is 5.02 Å². The number of ether oxygens (including phenoxy) is 1. The highest BCUT2D eigenvalue weighted by molar-refractivity contribution is 6.33. The lowest BCUT2D eigenvalue weighted by molar-refractivity contribution is -0.0762. The summed E-state index contributed by atoms with van der Waals surface area (Å²) >= 11 is 6.19. The molecule has 3 aliphatic rings. The molecule has 3 heterocycles. The monoisotopic (exact) mass is 458 g/mol. The van der Waals surface area contributed by atoms with Gasteiger partial charge >= 0.3 is 0 Å². The third-order valence-corrected chi connectivity index (χ3v) is 7.69. The Morgan fingerprint density at radius 2 is 1.94 bits per heavy atom. The molecule has 3 unspecified atom stereocenters. The van der Waals surface area contributed by atoms with Crippen LogP contribution >= 0.6 is 11.6 Å². The Labute approximate surface area is 194 Å². The van der Waals surface area contributed by atoms with Gasteiger partial charge in [0.1, 0.15) is 11.6 Å². The van der Waals surface area contributed by atoms with Crippen LogP contribution in [0.15, 0.2) is 30.3 Å². The molecule has 2 aromatic rings. The van der Waals surface area contributed by atoms with Crippen molar-refractivity contribution in [1.29, 1.82) is 0 Å². The van der Waals surface area contributed by atoms with Gasteiger partial charge in [-0.05, 0) is 87.6 Å². The maximum atomic E-state index is 13.6. The van der Waals surface area contributed by atoms with E-state index in [4.69, 9.17) is 16.3 Å². The van der Waals surface area contributed by atoms with Crippen molar-refractivity contribution in [1.82, 2.24) is 15.1 Å². The number of anilines is 1. The first kappa shape index (κ1) is 22.1. The molecule has 4 atom stereocenters. The number of likely N-dealkylation sites (tertiary alicyclic amines) is 1. The van der Waals surface area contributed by atoms with Crippen molar-refractivity contribution in [2.75, 3.05) is 31.6 Å². The number of nitrogens with zero attached hydrogens (tertiary/aromatic N) is 3. The fourth-order valence-electron chi connectivity index (χ4n) is 6.00. The first-order valence-corrected chi connectivity index (χ1v) is 12.1. The number of fused-ring (bicyclic) bond motifs is 1. The SMILES string of the molecule is CC1(C)CC(CN2CC3CC(Nc4ccc(-c5cc(F)ccc5Cl)nn4)C[C@@H]3C2)CCO1. The molecule has 172 valence electrons. The first-order valence-electron chi connectivity index (χ1n) is 11.8. The summed E-state index contributed by atoms with van der Waals surface area (Å²) in [7, 11) is 0. The van der Waals surface area contributed by atoms with E-state index in [1.807, 2.05) is 12.1 Å². The second-order valence-corrected chi connectivity index (χ2v) is 10.9. The van der Waals surface area contributed by atoms with Crippen molar-refractivity contribution in [3.05, 3.63) is 41.2 Å². The van der Waals surface area contributed by atoms with Gasteiger partial charge in [0.2, 0.25) is 0 Å². The molecule has 5 nitrogen and oxygen atoms in total. The Kier molecular flexibility index (Phi) is 6.12. The first-order chi connectivity index (χ1) is 15.3. The number of halogens is 2. The Hall–Kier alpha value is -1.76. The lowest BCUT2D eigenvalue weighted by Crippen LogP contribution is -2.39. The Bertz CT molecular complexity index is 939. The highest BCUT2D eigenvalue weighted by Gasteiger charge is 2.42. The fraction of sp³-hybridized carbons (Fsp3) is 0.600. The average Bonchev–Trinajstić information content (AvgIpc) is 3.27. The summed E-state index contributed by atoms with van der Waals surface area (Å²) in [6.07, 6.45) is 4.71. The van der Waals surface area contributed by atoms with Crippen molar-refractivity contribution < 1.29 is 9.13 Å². The van der Waals surface area contributed by atoms with Gasteiger partial charge < -0.3 is 15.0 Å². The largest absolute Gasteiger partial charge is 0.376 e. The smallest absolute Gasteiger partial charge is 0.148 e. The Balaban J connectivity index is 1.13. The molecular formula is C25H32ClFN4O. The fourth-order valence-corrected chi connectivity index (χ4v) is 6.21. The summed E-state index contributed by atoms with van der Waals surface area (Å²) in [6.45, 7) is 8.97. The summed E-state index contributed by atoms with van der Waals surface area (Å²) in [6, 6.07) is 8.48. The summed E-state index contributed by atoms with van der Waals surface area (Å²) in [5, 5.41) is 12.6. The number of aromatic nitrogens is 2. The van der Waals surface area contributed by atoms with Crippen molar-refractivity contribution in [3.8, 4) is 11.3 Å². The molecule has 3 fully saturated rings. The second kappa shape index (κ2) is 8.88. The highest BCUT2D eigenvalue weighted by Crippen LogP contribution is 2.40. The van der Waals surface area contributed by atoms with Gasteiger partial charge in [-0.3, -0.25) is 0 Å². The van der Waals surface area contributed by atoms with Gasteiger partial charge in [0.25, 0.3) is 0 Å². The van der Waals surface area contributed by atoms with Crippen LogP contribution < -0.4 is 5.32 Å². The van der Waals surface area contributed by atoms with Crippen molar-refractivity contribution in [2.45, 2.75) is 51.2 Å². The van der Waals surface area contributed by atoms with Crippen molar-refractivity contribution >= 4 is 17.4 Å². The van der Waals surface area contributed by atoms with E-state index in [0.29, 0.717) is 22.3 Å². The van der Waals surface area contributed by atoms with E-state index in [0.717, 1.165) is 30.2 Å². The molecule has 1 N–H and O–H groups in total. The zero-order chi connectivity index (χ0) is 22.3. The minimum Gasteiger partial charge on any atom is -0.376 e. The zero-order valence-electron chi connectivity index (χ0n) is 18.9. The second-order valence-electron chi connectivity index (χ2n) is 10.4. The molecule has 2 saturated heterocycles. The standard InChI is InChI=1S/C25H32ClFN4O/c1-25(2)12-16(7-8-32-25)13-31-14-17-9-20(10-18(17)15-31)28-24-6-5-23(29-30-24)21-11-19(27)3-4-22(21)26/h3-6,11,16-18,20H,7-10,12-15H2,1-2H3,(H,28,30)/t16?,17-,18?,20?/m1/s1. The van der Waals surface area contributed by atoms with Crippen LogP contribution in [0.3, 0.4) is 0 Å². The van der Waals surface area contributed by atoms with Crippen LogP contribution in [0, 0.1) is 23.6 Å². The third-order valence-electron chi connectivity index (χ3n) is 7.36. The summed E-state index contributed by atoms with van der Waals surface area (Å²) in [4.78, 5) is 2.69. The molecule has 1 saturated carbocycles. The third kappa shape index (κ3) is 4.92. The molecule has 2 aliphatic heterocycles. The van der Waals surface area contributed by atoms with Gasteiger partial charge in [-0.15, -0.1) is 10.2 Å². The molecular weight excluding hydrogens is 427 g/mol. The molecule has 0 amide bonds. The molecule has 0 bridgehead atoms. The predicted octanol–water partition coefficient (Wildman–Crippen LogP) is 5.26. The van der Waals surface area contributed by atoms with Gasteiger partial charge in [-0.2, -0.15) is 0 Å². The van der Waals surface area contributed by atoms with E-state index < -0.39 is 0 Å². The Morgan fingerprint density at radius 3 is 2.62 bits per heavy atom. The number of hydrogen-bond acceptors (Lipinski definition) is 5. The maximum absolute atomic E-state index is 13.6. The molecule has 0 spiro atoms. The summed E-state index contributed by atoms with van der Waals surface area (Å²) in [5.74, 6) is 2.72. The van der Waals surface area contributed by atoms with E-state index in [-0.39, 0.29) is 11.4 Å². The number of nitrogens with one attached hydrogen (secondary N) is 1. The van der Waals surface area contributed by atoms with Gasteiger partial charge in [0.15, 0.2) is 0 Å². The minimum atomic E-state index is -0.333. The van der Waals surface area contributed by atoms with Crippen LogP contribution in [0.25, 0.3) is 11.3 Å². The van der Waals surface area contributed by atoms with Crippen LogP contribution in [0.1, 0.15) is 39.5 Å². The maximum Gasteiger partial charge on any atom is 0.148 e. The van der Waals surface area contributed by atoms with E-state index in [1.165, 1.54) is 57.5 Å². The van der Waals surface area contributed by atoms with E-state index >= 15 is 0 Å². The van der Waals surface area contributed by atoms with Gasteiger partial charge in [-0.1, -0.05) is 11.6 Å². The molecule has 5 rings (SSSR count). The number of hydrogen-bond donors (Lipinski definition) is 1. The summed E-state index contributed by atoms with van der Waals surface area (Å²) < 4.78 is 19.4. The molecule has 32 heavy (non-hydrogen) atoms.